The number of benzene rings is 1. The van der Waals surface area contributed by atoms with E-state index in [1.54, 1.807) is 0 Å². The fraction of sp³-hybridized carbons (Fsp3) is 0.375. The predicted molar refractivity (Wildman–Crippen MR) is 101 cm³/mol. The third kappa shape index (κ3) is 6.31. The molecule has 124 valence electrons. The van der Waals surface area contributed by atoms with Crippen LogP contribution < -0.4 is 10.6 Å². The van der Waals surface area contributed by atoms with Crippen molar-refractivity contribution in [2.75, 3.05) is 20.1 Å². The highest BCUT2D eigenvalue weighted by molar-refractivity contribution is 9.10. The molecule has 2 rings (SSSR count). The van der Waals surface area contributed by atoms with Gasteiger partial charge in [-0.25, -0.2) is 0 Å². The number of furan rings is 1. The van der Waals surface area contributed by atoms with Crippen molar-refractivity contribution in [1.29, 1.82) is 0 Å². The normalized spacial score (nSPS) is 9.95. The third-order valence-electron chi connectivity index (χ3n) is 3.18. The Morgan fingerprint density at radius 1 is 1.09 bits per heavy atom. The predicted octanol–water partition coefficient (Wildman–Crippen LogP) is 4.56. The lowest BCUT2D eigenvalue weighted by Crippen LogP contribution is -2.19. The van der Waals surface area contributed by atoms with Gasteiger partial charge < -0.3 is 15.1 Å². The van der Waals surface area contributed by atoms with Crippen LogP contribution in [-0.2, 0) is 6.54 Å². The molecule has 0 aliphatic carbocycles. The van der Waals surface area contributed by atoms with Gasteiger partial charge in [0.25, 0.3) is 0 Å². The molecule has 0 aliphatic rings. The Labute approximate surface area is 153 Å². The molecule has 2 N–H and O–H groups in total. The number of halogens is 3. The molecule has 0 unspecified atom stereocenters. The summed E-state index contributed by atoms with van der Waals surface area (Å²) in [6.07, 6.45) is 1.12. The Morgan fingerprint density at radius 3 is 2.55 bits per heavy atom. The van der Waals surface area contributed by atoms with E-state index in [1.165, 1.54) is 5.56 Å². The van der Waals surface area contributed by atoms with E-state index in [0.717, 1.165) is 47.6 Å². The van der Waals surface area contributed by atoms with Gasteiger partial charge in [0.15, 0.2) is 0 Å². The number of aryl methyl sites for hydroxylation is 1. The molecule has 2 aromatic rings. The van der Waals surface area contributed by atoms with Crippen LogP contribution in [0.2, 0.25) is 0 Å². The zero-order chi connectivity index (χ0) is 14.4. The van der Waals surface area contributed by atoms with Crippen molar-refractivity contribution in [3.8, 4) is 11.3 Å². The van der Waals surface area contributed by atoms with Crippen molar-refractivity contribution >= 4 is 40.7 Å². The average molecular weight is 410 g/mol. The summed E-state index contributed by atoms with van der Waals surface area (Å²) in [7, 11) is 1.97. The van der Waals surface area contributed by atoms with Crippen LogP contribution in [0, 0.1) is 6.92 Å². The lowest BCUT2D eigenvalue weighted by molar-refractivity contribution is 0.490. The number of rotatable bonds is 7. The van der Waals surface area contributed by atoms with Gasteiger partial charge in [-0.05, 0) is 63.3 Å². The fourth-order valence-corrected chi connectivity index (χ4v) is 2.27. The summed E-state index contributed by atoms with van der Waals surface area (Å²) < 4.78 is 7.00. The van der Waals surface area contributed by atoms with E-state index < -0.39 is 0 Å². The zero-order valence-corrected chi connectivity index (χ0v) is 16.0. The molecule has 1 aromatic heterocycles. The smallest absolute Gasteiger partial charge is 0.134 e. The van der Waals surface area contributed by atoms with Crippen molar-refractivity contribution in [3.05, 3.63) is 46.1 Å². The Kier molecular flexibility index (Phi) is 10.8. The molecule has 0 saturated carbocycles. The first-order valence-corrected chi connectivity index (χ1v) is 7.70. The maximum absolute atomic E-state index is 5.88. The van der Waals surface area contributed by atoms with Crippen LogP contribution in [0.1, 0.15) is 17.7 Å². The highest BCUT2D eigenvalue weighted by Crippen LogP contribution is 2.26. The molecule has 0 aliphatic heterocycles. The van der Waals surface area contributed by atoms with Gasteiger partial charge in [-0.3, -0.25) is 0 Å². The van der Waals surface area contributed by atoms with Crippen LogP contribution in [-0.4, -0.2) is 20.1 Å². The SMILES string of the molecule is CNCCCNCc1ccc(-c2ccc(Br)c(C)c2)o1.Cl.Cl. The summed E-state index contributed by atoms with van der Waals surface area (Å²) in [4.78, 5) is 0. The highest BCUT2D eigenvalue weighted by atomic mass is 79.9. The molecule has 6 heteroatoms. The third-order valence-corrected chi connectivity index (χ3v) is 4.07. The zero-order valence-electron chi connectivity index (χ0n) is 12.8. The Morgan fingerprint density at radius 2 is 1.86 bits per heavy atom. The molecule has 0 amide bonds. The van der Waals surface area contributed by atoms with Gasteiger partial charge in [0.2, 0.25) is 0 Å². The maximum Gasteiger partial charge on any atom is 0.134 e. The van der Waals surface area contributed by atoms with E-state index in [-0.39, 0.29) is 24.8 Å². The van der Waals surface area contributed by atoms with Crippen molar-refractivity contribution in [2.45, 2.75) is 19.9 Å². The first kappa shape index (κ1) is 21.5. The van der Waals surface area contributed by atoms with Crippen LogP contribution in [0.3, 0.4) is 0 Å². The van der Waals surface area contributed by atoms with Gasteiger partial charge in [-0.2, -0.15) is 0 Å². The van der Waals surface area contributed by atoms with Crippen molar-refractivity contribution in [2.24, 2.45) is 0 Å². The number of nitrogens with one attached hydrogen (secondary N) is 2. The van der Waals surface area contributed by atoms with Crippen LogP contribution in [0.15, 0.2) is 39.2 Å². The van der Waals surface area contributed by atoms with Gasteiger partial charge in [0.1, 0.15) is 11.5 Å². The largest absolute Gasteiger partial charge is 0.460 e. The second-order valence-corrected chi connectivity index (χ2v) is 5.72. The fourth-order valence-electron chi connectivity index (χ4n) is 2.03. The van der Waals surface area contributed by atoms with E-state index in [2.05, 4.69) is 51.7 Å². The molecule has 0 radical (unpaired) electrons. The van der Waals surface area contributed by atoms with Crippen LogP contribution in [0.25, 0.3) is 11.3 Å². The van der Waals surface area contributed by atoms with Crippen LogP contribution in [0.5, 0.6) is 0 Å². The molecule has 1 heterocycles. The molecular formula is C16H23BrCl2N2O. The molecule has 0 atom stereocenters. The Bertz CT molecular complexity index is 561. The monoisotopic (exact) mass is 408 g/mol. The Hall–Kier alpha value is -0.520. The molecular weight excluding hydrogens is 387 g/mol. The van der Waals surface area contributed by atoms with E-state index in [4.69, 9.17) is 4.42 Å². The second kappa shape index (κ2) is 11.1. The summed E-state index contributed by atoms with van der Waals surface area (Å²) >= 11 is 3.52. The standard InChI is InChI=1S/C16H21BrN2O.2ClH/c1-12-10-13(4-6-15(12)17)16-7-5-14(20-16)11-19-9-3-8-18-2;;/h4-7,10,18-19H,3,8-9,11H2,1-2H3;2*1H. The van der Waals surface area contributed by atoms with E-state index in [9.17, 15) is 0 Å². The van der Waals surface area contributed by atoms with Crippen LogP contribution in [0.4, 0.5) is 0 Å². The first-order chi connectivity index (χ1) is 9.70. The average Bonchev–Trinajstić information content (AvgIpc) is 2.90. The minimum absolute atomic E-state index is 0. The van der Waals surface area contributed by atoms with Gasteiger partial charge in [-0.1, -0.05) is 22.0 Å². The first-order valence-electron chi connectivity index (χ1n) is 6.91. The van der Waals surface area contributed by atoms with Crippen molar-refractivity contribution < 1.29 is 4.42 Å². The lowest BCUT2D eigenvalue weighted by Gasteiger charge is -2.03. The maximum atomic E-state index is 5.88. The van der Waals surface area contributed by atoms with Gasteiger partial charge in [-0.15, -0.1) is 24.8 Å². The van der Waals surface area contributed by atoms with Crippen LogP contribution >= 0.6 is 40.7 Å². The summed E-state index contributed by atoms with van der Waals surface area (Å²) in [6, 6.07) is 10.3. The molecule has 3 nitrogen and oxygen atoms in total. The minimum atomic E-state index is 0. The highest BCUT2D eigenvalue weighted by Gasteiger charge is 2.06. The Balaban J connectivity index is 0.00000220. The molecule has 1 aromatic carbocycles. The molecule has 0 fully saturated rings. The van der Waals surface area contributed by atoms with Crippen molar-refractivity contribution in [3.63, 3.8) is 0 Å². The van der Waals surface area contributed by atoms with E-state index >= 15 is 0 Å². The summed E-state index contributed by atoms with van der Waals surface area (Å²) in [6.45, 7) is 4.89. The van der Waals surface area contributed by atoms with Gasteiger partial charge >= 0.3 is 0 Å². The molecule has 22 heavy (non-hydrogen) atoms. The summed E-state index contributed by atoms with van der Waals surface area (Å²) in [5.41, 5.74) is 2.33. The number of hydrogen-bond donors (Lipinski definition) is 2. The van der Waals surface area contributed by atoms with E-state index in [0.29, 0.717) is 0 Å². The summed E-state index contributed by atoms with van der Waals surface area (Å²) in [5, 5.41) is 6.52. The number of hydrogen-bond acceptors (Lipinski definition) is 3. The molecule has 0 spiro atoms. The second-order valence-electron chi connectivity index (χ2n) is 4.86. The lowest BCUT2D eigenvalue weighted by atomic mass is 10.1. The van der Waals surface area contributed by atoms with Gasteiger partial charge in [0.05, 0.1) is 6.54 Å². The minimum Gasteiger partial charge on any atom is -0.460 e. The molecule has 0 saturated heterocycles. The van der Waals surface area contributed by atoms with Crippen molar-refractivity contribution in [1.82, 2.24) is 10.6 Å². The topological polar surface area (TPSA) is 37.2 Å². The summed E-state index contributed by atoms with van der Waals surface area (Å²) in [5.74, 6) is 1.90. The van der Waals surface area contributed by atoms with E-state index in [1.807, 2.05) is 19.2 Å². The van der Waals surface area contributed by atoms with Gasteiger partial charge in [0, 0.05) is 10.0 Å². The quantitative estimate of drug-likeness (QED) is 0.658. The molecule has 0 bridgehead atoms.